The first-order valence-electron chi connectivity index (χ1n) is 6.63. The van der Waals surface area contributed by atoms with Gasteiger partial charge in [-0.15, -0.1) is 0 Å². The average Bonchev–Trinajstić information content (AvgIpc) is 2.53. The third-order valence-electron chi connectivity index (χ3n) is 4.35. The minimum absolute atomic E-state index is 0.0310. The predicted octanol–water partition coefficient (Wildman–Crippen LogP) is 4.18. The van der Waals surface area contributed by atoms with Crippen LogP contribution in [0.1, 0.15) is 51.1 Å². The molecule has 1 unspecified atom stereocenters. The van der Waals surface area contributed by atoms with E-state index in [0.717, 1.165) is 35.0 Å². The van der Waals surface area contributed by atoms with E-state index in [0.29, 0.717) is 5.41 Å². The zero-order valence-electron chi connectivity index (χ0n) is 11.0. The molecule has 1 aliphatic heterocycles. The summed E-state index contributed by atoms with van der Waals surface area (Å²) in [6.07, 6.45) is 4.41. The molecule has 1 saturated carbocycles. The highest BCUT2D eigenvalue weighted by atomic mass is 79.9. The Bertz CT molecular complexity index is 485. The molecule has 0 aromatic heterocycles. The number of fused-ring (bicyclic) bond motifs is 1. The lowest BCUT2D eigenvalue weighted by Crippen LogP contribution is -2.41. The molecule has 3 rings (SSSR count). The minimum Gasteiger partial charge on any atom is -0.487 e. The first-order valence-corrected chi connectivity index (χ1v) is 7.43. The predicted molar refractivity (Wildman–Crippen MR) is 76.7 cm³/mol. The number of ether oxygens (including phenoxy) is 1. The summed E-state index contributed by atoms with van der Waals surface area (Å²) in [5.41, 5.74) is 7.84. The Hall–Kier alpha value is -0.540. The fraction of sp³-hybridized carbons (Fsp3) is 0.600. The number of benzene rings is 1. The highest BCUT2D eigenvalue weighted by Gasteiger charge is 2.48. The highest BCUT2D eigenvalue weighted by Crippen LogP contribution is 2.52. The van der Waals surface area contributed by atoms with Gasteiger partial charge in [-0.05, 0) is 36.8 Å². The zero-order valence-corrected chi connectivity index (χ0v) is 12.6. The molecule has 18 heavy (non-hydrogen) atoms. The van der Waals surface area contributed by atoms with Crippen molar-refractivity contribution in [2.75, 3.05) is 0 Å². The molecular formula is C15H20BrNO. The molecule has 1 fully saturated rings. The molecule has 1 aromatic carbocycles. The first kappa shape index (κ1) is 12.5. The maximum atomic E-state index is 6.36. The molecule has 1 spiro atoms. The van der Waals surface area contributed by atoms with Crippen molar-refractivity contribution in [1.29, 1.82) is 0 Å². The molecule has 98 valence electrons. The third kappa shape index (κ3) is 2.08. The van der Waals surface area contributed by atoms with Crippen molar-refractivity contribution in [2.24, 2.45) is 11.1 Å². The van der Waals surface area contributed by atoms with Gasteiger partial charge in [-0.3, -0.25) is 0 Å². The maximum Gasteiger partial charge on any atom is 0.126 e. The molecular weight excluding hydrogens is 290 g/mol. The van der Waals surface area contributed by atoms with Crippen molar-refractivity contribution in [3.63, 3.8) is 0 Å². The van der Waals surface area contributed by atoms with Gasteiger partial charge in [0.15, 0.2) is 0 Å². The first-order chi connectivity index (χ1) is 8.39. The Morgan fingerprint density at radius 3 is 2.78 bits per heavy atom. The molecule has 0 amide bonds. The van der Waals surface area contributed by atoms with Crippen LogP contribution in [0, 0.1) is 5.41 Å². The van der Waals surface area contributed by atoms with Gasteiger partial charge in [0.25, 0.3) is 0 Å². The van der Waals surface area contributed by atoms with E-state index < -0.39 is 0 Å². The molecule has 2 N–H and O–H groups in total. The average molecular weight is 310 g/mol. The summed E-state index contributed by atoms with van der Waals surface area (Å²) in [5.74, 6) is 0.973. The van der Waals surface area contributed by atoms with Crippen LogP contribution in [0.5, 0.6) is 5.75 Å². The molecule has 2 atom stereocenters. The van der Waals surface area contributed by atoms with Crippen LogP contribution in [-0.4, -0.2) is 5.60 Å². The molecule has 1 heterocycles. The van der Waals surface area contributed by atoms with Gasteiger partial charge in [0.1, 0.15) is 11.4 Å². The minimum atomic E-state index is -0.0310. The fourth-order valence-electron chi connectivity index (χ4n) is 3.57. The molecule has 1 aliphatic carbocycles. The number of nitrogens with two attached hydrogens (primary N) is 1. The third-order valence-corrected chi connectivity index (χ3v) is 4.84. The fourth-order valence-corrected chi connectivity index (χ4v) is 3.91. The molecule has 1 aromatic rings. The van der Waals surface area contributed by atoms with Crippen LogP contribution < -0.4 is 10.5 Å². The second kappa shape index (κ2) is 3.97. The molecule has 0 bridgehead atoms. The van der Waals surface area contributed by atoms with E-state index in [1.165, 1.54) is 6.42 Å². The van der Waals surface area contributed by atoms with Crippen molar-refractivity contribution in [3.05, 3.63) is 28.2 Å². The summed E-state index contributed by atoms with van der Waals surface area (Å²) >= 11 is 3.51. The Kier molecular flexibility index (Phi) is 2.76. The normalized spacial score (nSPS) is 33.2. The lowest BCUT2D eigenvalue weighted by molar-refractivity contribution is 0.0331. The van der Waals surface area contributed by atoms with Crippen molar-refractivity contribution in [1.82, 2.24) is 0 Å². The molecule has 2 aliphatic rings. The van der Waals surface area contributed by atoms with Crippen molar-refractivity contribution in [3.8, 4) is 5.75 Å². The monoisotopic (exact) mass is 309 g/mol. The van der Waals surface area contributed by atoms with E-state index in [2.05, 4.69) is 41.9 Å². The van der Waals surface area contributed by atoms with E-state index in [9.17, 15) is 0 Å². The second-order valence-electron chi connectivity index (χ2n) is 6.62. The smallest absolute Gasteiger partial charge is 0.126 e. The second-order valence-corrected chi connectivity index (χ2v) is 7.53. The van der Waals surface area contributed by atoms with Crippen LogP contribution >= 0.6 is 15.9 Å². The summed E-state index contributed by atoms with van der Waals surface area (Å²) in [6.45, 7) is 4.65. The van der Waals surface area contributed by atoms with Gasteiger partial charge in [-0.2, -0.15) is 0 Å². The lowest BCUT2D eigenvalue weighted by Gasteiger charge is -2.39. The highest BCUT2D eigenvalue weighted by molar-refractivity contribution is 9.10. The van der Waals surface area contributed by atoms with Crippen LogP contribution in [0.2, 0.25) is 0 Å². The largest absolute Gasteiger partial charge is 0.487 e. The Labute approximate surface area is 117 Å². The van der Waals surface area contributed by atoms with Gasteiger partial charge in [-0.25, -0.2) is 0 Å². The van der Waals surface area contributed by atoms with Crippen LogP contribution in [0.4, 0.5) is 0 Å². The Morgan fingerprint density at radius 2 is 2.11 bits per heavy atom. The van der Waals surface area contributed by atoms with Gasteiger partial charge in [0.2, 0.25) is 0 Å². The molecule has 2 nitrogen and oxygen atoms in total. The quantitative estimate of drug-likeness (QED) is 0.780. The topological polar surface area (TPSA) is 35.2 Å². The molecule has 0 radical (unpaired) electrons. The van der Waals surface area contributed by atoms with Crippen molar-refractivity contribution < 1.29 is 4.74 Å². The van der Waals surface area contributed by atoms with Crippen molar-refractivity contribution in [2.45, 2.75) is 51.2 Å². The molecule has 0 saturated heterocycles. The van der Waals surface area contributed by atoms with Crippen LogP contribution in [-0.2, 0) is 0 Å². The summed E-state index contributed by atoms with van der Waals surface area (Å²) in [4.78, 5) is 0. The Morgan fingerprint density at radius 1 is 1.33 bits per heavy atom. The van der Waals surface area contributed by atoms with E-state index in [4.69, 9.17) is 10.5 Å². The van der Waals surface area contributed by atoms with E-state index in [1.54, 1.807) is 0 Å². The van der Waals surface area contributed by atoms with Crippen LogP contribution in [0.3, 0.4) is 0 Å². The van der Waals surface area contributed by atoms with E-state index in [1.807, 2.05) is 6.07 Å². The van der Waals surface area contributed by atoms with Gasteiger partial charge in [0, 0.05) is 22.5 Å². The number of hydrogen-bond acceptors (Lipinski definition) is 2. The summed E-state index contributed by atoms with van der Waals surface area (Å²) in [7, 11) is 0. The van der Waals surface area contributed by atoms with Crippen LogP contribution in [0.25, 0.3) is 0 Å². The van der Waals surface area contributed by atoms with Gasteiger partial charge >= 0.3 is 0 Å². The standard InChI is InChI=1S/C15H20BrNO/c1-14(2)5-6-15(9-14)8-12(17)11-4-3-10(16)7-13(11)18-15/h3-4,7,12H,5-6,8-9,17H2,1-2H3/t12-,15?/m1/s1. The Balaban J connectivity index is 1.96. The summed E-state index contributed by atoms with van der Waals surface area (Å²) in [5, 5.41) is 0. The van der Waals surface area contributed by atoms with Gasteiger partial charge in [-0.1, -0.05) is 35.8 Å². The van der Waals surface area contributed by atoms with Crippen molar-refractivity contribution >= 4 is 15.9 Å². The lowest BCUT2D eigenvalue weighted by atomic mass is 9.83. The number of rotatable bonds is 0. The molecule has 3 heteroatoms. The number of halogens is 1. The number of hydrogen-bond donors (Lipinski definition) is 1. The van der Waals surface area contributed by atoms with E-state index >= 15 is 0 Å². The summed E-state index contributed by atoms with van der Waals surface area (Å²) < 4.78 is 7.42. The van der Waals surface area contributed by atoms with Gasteiger partial charge in [0.05, 0.1) is 0 Å². The SMILES string of the molecule is CC1(C)CCC2(C[C@@H](N)c3ccc(Br)cc3O2)C1. The maximum absolute atomic E-state index is 6.36. The zero-order chi connectivity index (χ0) is 13.0. The van der Waals surface area contributed by atoms with E-state index in [-0.39, 0.29) is 11.6 Å². The summed E-state index contributed by atoms with van der Waals surface area (Å²) in [6, 6.07) is 6.28. The van der Waals surface area contributed by atoms with Gasteiger partial charge < -0.3 is 10.5 Å². The van der Waals surface area contributed by atoms with Crippen LogP contribution in [0.15, 0.2) is 22.7 Å².